The normalized spacial score (nSPS) is 19.8. The van der Waals surface area contributed by atoms with E-state index in [0.29, 0.717) is 46.6 Å². The minimum Gasteiger partial charge on any atom is -0.496 e. The van der Waals surface area contributed by atoms with Crippen LogP contribution in [0.25, 0.3) is 33.4 Å². The van der Waals surface area contributed by atoms with Gasteiger partial charge in [-0.3, -0.25) is 0 Å². The predicted molar refractivity (Wildman–Crippen MR) is 123 cm³/mol. The zero-order chi connectivity index (χ0) is 23.3. The summed E-state index contributed by atoms with van der Waals surface area (Å²) in [7, 11) is 1.57. The number of halogens is 1. The highest BCUT2D eigenvalue weighted by Crippen LogP contribution is 2.43. The summed E-state index contributed by atoms with van der Waals surface area (Å²) < 4.78 is 21.0. The highest BCUT2D eigenvalue weighted by atomic mass is 19.1. The van der Waals surface area contributed by atoms with Crippen molar-refractivity contribution < 1.29 is 14.2 Å². The van der Waals surface area contributed by atoms with Crippen LogP contribution in [0.3, 0.4) is 0 Å². The number of hydrogen-bond acceptors (Lipinski definition) is 6. The minimum atomic E-state index is -0.743. The topological polar surface area (TPSA) is 110 Å². The summed E-state index contributed by atoms with van der Waals surface area (Å²) in [6.45, 7) is 1.77. The maximum atomic E-state index is 13.8. The fourth-order valence-corrected chi connectivity index (χ4v) is 4.47. The first-order valence-corrected chi connectivity index (χ1v) is 10.6. The van der Waals surface area contributed by atoms with Crippen molar-refractivity contribution in [2.75, 3.05) is 12.8 Å². The highest BCUT2D eigenvalue weighted by Gasteiger charge is 2.41. The van der Waals surface area contributed by atoms with Gasteiger partial charge in [0.25, 0.3) is 0 Å². The van der Waals surface area contributed by atoms with Crippen LogP contribution in [0.4, 0.5) is 10.2 Å². The van der Waals surface area contributed by atoms with Crippen LogP contribution in [0.5, 0.6) is 5.75 Å². The number of pyridine rings is 1. The first-order valence-electron chi connectivity index (χ1n) is 10.6. The summed E-state index contributed by atoms with van der Waals surface area (Å²) in [5.74, 6) is 0.539. The first kappa shape index (κ1) is 20.9. The van der Waals surface area contributed by atoms with Crippen LogP contribution in [0.1, 0.15) is 31.4 Å². The average molecular weight is 443 g/mol. The van der Waals surface area contributed by atoms with Crippen molar-refractivity contribution in [1.82, 2.24) is 14.8 Å². The Balaban J connectivity index is 1.63. The van der Waals surface area contributed by atoms with E-state index >= 15 is 0 Å². The van der Waals surface area contributed by atoms with E-state index in [-0.39, 0.29) is 23.2 Å². The molecule has 0 atom stereocenters. The number of fused-ring (bicyclic) bond motifs is 1. The van der Waals surface area contributed by atoms with Crippen LogP contribution in [0.15, 0.2) is 48.5 Å². The molecule has 8 heteroatoms. The molecule has 3 N–H and O–H groups in total. The Morgan fingerprint density at radius 2 is 2.00 bits per heavy atom. The van der Waals surface area contributed by atoms with Gasteiger partial charge < -0.3 is 15.6 Å². The van der Waals surface area contributed by atoms with Gasteiger partial charge in [-0.2, -0.15) is 10.4 Å². The van der Waals surface area contributed by atoms with E-state index in [9.17, 15) is 14.8 Å². The monoisotopic (exact) mass is 443 g/mol. The van der Waals surface area contributed by atoms with Crippen LogP contribution in [-0.4, -0.2) is 32.6 Å². The number of nitrogen functional groups attached to an aromatic ring is 1. The van der Waals surface area contributed by atoms with Crippen LogP contribution in [0, 0.1) is 17.1 Å². The van der Waals surface area contributed by atoms with E-state index in [0.717, 1.165) is 5.39 Å². The number of rotatable bonds is 4. The molecule has 5 rings (SSSR count). The molecule has 0 bridgehead atoms. The van der Waals surface area contributed by atoms with E-state index in [1.54, 1.807) is 36.9 Å². The third kappa shape index (κ3) is 3.56. The number of nitrogens with zero attached hydrogens (tertiary/aromatic N) is 4. The molecule has 2 heterocycles. The van der Waals surface area contributed by atoms with Crippen LogP contribution in [0.2, 0.25) is 0 Å². The molecule has 0 unspecified atom stereocenters. The quantitative estimate of drug-likeness (QED) is 0.482. The molecule has 1 aliphatic carbocycles. The van der Waals surface area contributed by atoms with Gasteiger partial charge in [-0.15, -0.1) is 0 Å². The Morgan fingerprint density at radius 1 is 1.21 bits per heavy atom. The molecule has 0 amide bonds. The van der Waals surface area contributed by atoms with E-state index in [1.807, 2.05) is 18.2 Å². The molecule has 0 radical (unpaired) electrons. The number of nitrogens with two attached hydrogens (primary N) is 1. The van der Waals surface area contributed by atoms with Crippen molar-refractivity contribution in [1.29, 1.82) is 5.26 Å². The highest BCUT2D eigenvalue weighted by molar-refractivity contribution is 5.91. The molecular formula is C25H22FN5O2. The van der Waals surface area contributed by atoms with Crippen molar-refractivity contribution in [3.63, 3.8) is 0 Å². The summed E-state index contributed by atoms with van der Waals surface area (Å²) in [6.07, 6.45) is 1.05. The molecule has 2 aromatic carbocycles. The van der Waals surface area contributed by atoms with E-state index in [2.05, 4.69) is 11.2 Å². The summed E-state index contributed by atoms with van der Waals surface area (Å²) in [6, 6.07) is 15.6. The maximum Gasteiger partial charge on any atom is 0.140 e. The van der Waals surface area contributed by atoms with Crippen molar-refractivity contribution in [2.45, 2.75) is 31.4 Å². The number of hydrogen-bond donors (Lipinski definition) is 2. The van der Waals surface area contributed by atoms with Gasteiger partial charge in [0.2, 0.25) is 0 Å². The van der Waals surface area contributed by atoms with Gasteiger partial charge in [-0.1, -0.05) is 18.2 Å². The molecule has 0 spiro atoms. The Labute approximate surface area is 189 Å². The molecule has 166 valence electrons. The lowest BCUT2D eigenvalue weighted by atomic mass is 9.77. The zero-order valence-electron chi connectivity index (χ0n) is 18.2. The Kier molecular flexibility index (Phi) is 4.80. The Hall–Kier alpha value is -3.96. The number of nitriles is 1. The third-order valence-electron chi connectivity index (χ3n) is 6.14. The summed E-state index contributed by atoms with van der Waals surface area (Å²) in [4.78, 5) is 4.72. The van der Waals surface area contributed by atoms with Gasteiger partial charge in [0.05, 0.1) is 30.0 Å². The number of ether oxygens (including phenoxy) is 1. The van der Waals surface area contributed by atoms with E-state index < -0.39 is 5.60 Å². The molecular weight excluding hydrogens is 421 g/mol. The molecule has 1 fully saturated rings. The third-order valence-corrected chi connectivity index (χ3v) is 6.14. The summed E-state index contributed by atoms with van der Waals surface area (Å²) in [5, 5.41) is 25.3. The number of benzene rings is 2. The number of aromatic nitrogens is 3. The number of aliphatic hydroxyl groups is 1. The Bertz CT molecular complexity index is 1430. The average Bonchev–Trinajstić information content (AvgIpc) is 3.12. The number of methoxy groups -OCH3 is 1. The zero-order valence-corrected chi connectivity index (χ0v) is 18.2. The molecule has 33 heavy (non-hydrogen) atoms. The minimum absolute atomic E-state index is 0.0564. The maximum absolute atomic E-state index is 13.8. The molecule has 4 aromatic rings. The number of anilines is 1. The van der Waals surface area contributed by atoms with Crippen LogP contribution < -0.4 is 10.5 Å². The van der Waals surface area contributed by atoms with Gasteiger partial charge in [0, 0.05) is 22.6 Å². The molecule has 1 saturated carbocycles. The molecule has 0 saturated heterocycles. The van der Waals surface area contributed by atoms with Gasteiger partial charge in [0.15, 0.2) is 0 Å². The lowest BCUT2D eigenvalue weighted by molar-refractivity contribution is -0.0535. The molecule has 1 aliphatic rings. The van der Waals surface area contributed by atoms with Crippen LogP contribution >= 0.6 is 0 Å². The van der Waals surface area contributed by atoms with Crippen molar-refractivity contribution in [3.05, 3.63) is 59.9 Å². The van der Waals surface area contributed by atoms with Gasteiger partial charge in [-0.05, 0) is 44.0 Å². The van der Waals surface area contributed by atoms with Crippen LogP contribution in [-0.2, 0) is 0 Å². The van der Waals surface area contributed by atoms with E-state index in [1.165, 1.54) is 12.1 Å². The van der Waals surface area contributed by atoms with Gasteiger partial charge in [0.1, 0.15) is 34.7 Å². The first-order chi connectivity index (χ1) is 15.8. The fraction of sp³-hybridized carbons (Fsp3) is 0.240. The van der Waals surface area contributed by atoms with Crippen molar-refractivity contribution in [2.24, 2.45) is 0 Å². The summed E-state index contributed by atoms with van der Waals surface area (Å²) in [5.41, 5.74) is 8.75. The van der Waals surface area contributed by atoms with Gasteiger partial charge >= 0.3 is 0 Å². The molecule has 2 aromatic heterocycles. The van der Waals surface area contributed by atoms with E-state index in [4.69, 9.17) is 15.5 Å². The van der Waals surface area contributed by atoms with Crippen molar-refractivity contribution in [3.8, 4) is 34.3 Å². The smallest absolute Gasteiger partial charge is 0.140 e. The fourth-order valence-electron chi connectivity index (χ4n) is 4.47. The SMILES string of the molecule is COc1cc(-c2cccc(F)c2)nc2cc(-c3nn(C4CC(C)(O)C4)c(N)c3C#N)ccc12. The Morgan fingerprint density at radius 3 is 2.67 bits per heavy atom. The molecule has 0 aliphatic heterocycles. The second kappa shape index (κ2) is 7.57. The summed E-state index contributed by atoms with van der Waals surface area (Å²) >= 11 is 0. The van der Waals surface area contributed by atoms with Gasteiger partial charge in [-0.25, -0.2) is 14.1 Å². The second-order valence-electron chi connectivity index (χ2n) is 8.68. The van der Waals surface area contributed by atoms with Crippen molar-refractivity contribution >= 4 is 16.7 Å². The lowest BCUT2D eigenvalue weighted by Gasteiger charge is -2.41. The predicted octanol–water partition coefficient (Wildman–Crippen LogP) is 4.45. The largest absolute Gasteiger partial charge is 0.496 e. The second-order valence-corrected chi connectivity index (χ2v) is 8.68. The molecule has 7 nitrogen and oxygen atoms in total. The lowest BCUT2D eigenvalue weighted by Crippen LogP contribution is -2.42. The standard InChI is InChI=1S/C25H22FN5O2/c1-25(32)11-17(12-25)31-24(28)19(13-27)23(30-31)15-6-7-18-21(9-15)29-20(10-22(18)33-2)14-4-3-5-16(26)8-14/h3-10,17,32H,11-12,28H2,1-2H3.